The van der Waals surface area contributed by atoms with Crippen LogP contribution in [-0.4, -0.2) is 36.1 Å². The molecule has 1 fully saturated rings. The van der Waals surface area contributed by atoms with Crippen molar-refractivity contribution in [2.45, 2.75) is 12.3 Å². The summed E-state index contributed by atoms with van der Waals surface area (Å²) < 4.78 is 0. The maximum Gasteiger partial charge on any atom is 0.239 e. The molecule has 1 N–H and O–H groups in total. The van der Waals surface area contributed by atoms with E-state index >= 15 is 0 Å². The molecule has 0 radical (unpaired) electrons. The lowest BCUT2D eigenvalue weighted by Gasteiger charge is -2.24. The minimum Gasteiger partial charge on any atom is -0.358 e. The highest BCUT2D eigenvalue weighted by molar-refractivity contribution is 8.00. The number of hydrogen-bond donors (Lipinski definition) is 1. The number of carbonyl (C=O) groups is 2. The van der Waals surface area contributed by atoms with Gasteiger partial charge in [-0.25, -0.2) is 0 Å². The number of amides is 2. The lowest BCUT2D eigenvalue weighted by atomic mass is 10.1. The molecule has 0 aromatic heterocycles. The number of nitrogens with one attached hydrogen (secondary N) is 1. The van der Waals surface area contributed by atoms with Crippen molar-refractivity contribution in [3.8, 4) is 0 Å². The Morgan fingerprint density at radius 3 is 2.89 bits per heavy atom. The standard InChI is InChI=1S/C13H16N2O2S/c1-9-5-3-4-6-10(9)13-15(7-11(16)14-2)12(17)8-18-13/h3-6,13H,7-8H2,1-2H3,(H,14,16). The Bertz CT molecular complexity index is 476. The Kier molecular flexibility index (Phi) is 3.91. The molecule has 1 aliphatic rings. The summed E-state index contributed by atoms with van der Waals surface area (Å²) in [4.78, 5) is 25.0. The van der Waals surface area contributed by atoms with Crippen LogP contribution in [0.25, 0.3) is 0 Å². The van der Waals surface area contributed by atoms with Crippen LogP contribution in [0.4, 0.5) is 0 Å². The van der Waals surface area contributed by atoms with Gasteiger partial charge in [-0.1, -0.05) is 24.3 Å². The molecule has 18 heavy (non-hydrogen) atoms. The van der Waals surface area contributed by atoms with Crippen molar-refractivity contribution in [3.05, 3.63) is 35.4 Å². The first-order valence-corrected chi connectivity index (χ1v) is 6.85. The zero-order chi connectivity index (χ0) is 13.1. The first-order chi connectivity index (χ1) is 8.63. The molecule has 0 aliphatic carbocycles. The average Bonchev–Trinajstić information content (AvgIpc) is 2.72. The van der Waals surface area contributed by atoms with Crippen molar-refractivity contribution in [2.24, 2.45) is 0 Å². The molecule has 1 aromatic rings. The van der Waals surface area contributed by atoms with E-state index in [1.165, 1.54) is 0 Å². The van der Waals surface area contributed by atoms with Crippen molar-refractivity contribution < 1.29 is 9.59 Å². The van der Waals surface area contributed by atoms with Gasteiger partial charge >= 0.3 is 0 Å². The van der Waals surface area contributed by atoms with Crippen LogP contribution in [0.15, 0.2) is 24.3 Å². The maximum atomic E-state index is 11.8. The molecule has 1 atom stereocenters. The third-order valence-electron chi connectivity index (χ3n) is 3.02. The SMILES string of the molecule is CNC(=O)CN1C(=O)CSC1c1ccccc1C. The van der Waals surface area contributed by atoms with Gasteiger partial charge in [-0.05, 0) is 18.1 Å². The fraction of sp³-hybridized carbons (Fsp3) is 0.385. The molecule has 4 nitrogen and oxygen atoms in total. The van der Waals surface area contributed by atoms with Gasteiger partial charge in [0.25, 0.3) is 0 Å². The van der Waals surface area contributed by atoms with E-state index < -0.39 is 0 Å². The van der Waals surface area contributed by atoms with Gasteiger partial charge in [0.2, 0.25) is 11.8 Å². The van der Waals surface area contributed by atoms with Crippen molar-refractivity contribution in [3.63, 3.8) is 0 Å². The van der Waals surface area contributed by atoms with Crippen LogP contribution in [-0.2, 0) is 9.59 Å². The lowest BCUT2D eigenvalue weighted by molar-refractivity contribution is -0.133. The fourth-order valence-electron chi connectivity index (χ4n) is 1.98. The van der Waals surface area contributed by atoms with Crippen LogP contribution in [0.2, 0.25) is 0 Å². The molecule has 0 spiro atoms. The summed E-state index contributed by atoms with van der Waals surface area (Å²) in [6.45, 7) is 2.15. The number of carbonyl (C=O) groups excluding carboxylic acids is 2. The molecular weight excluding hydrogens is 248 g/mol. The average molecular weight is 264 g/mol. The predicted octanol–water partition coefficient (Wildman–Crippen LogP) is 1.32. The Morgan fingerprint density at radius 2 is 2.22 bits per heavy atom. The van der Waals surface area contributed by atoms with E-state index in [9.17, 15) is 9.59 Å². The summed E-state index contributed by atoms with van der Waals surface area (Å²) in [5, 5.41) is 2.51. The minimum atomic E-state index is -0.135. The third kappa shape index (κ3) is 2.51. The van der Waals surface area contributed by atoms with Crippen molar-refractivity contribution in [1.29, 1.82) is 0 Å². The van der Waals surface area contributed by atoms with Crippen LogP contribution >= 0.6 is 11.8 Å². The molecule has 5 heteroatoms. The van der Waals surface area contributed by atoms with E-state index in [4.69, 9.17) is 0 Å². The second kappa shape index (κ2) is 5.44. The smallest absolute Gasteiger partial charge is 0.239 e. The highest BCUT2D eigenvalue weighted by Gasteiger charge is 2.34. The molecular formula is C13H16N2O2S. The number of hydrogen-bond acceptors (Lipinski definition) is 3. The highest BCUT2D eigenvalue weighted by atomic mass is 32.2. The summed E-state index contributed by atoms with van der Waals surface area (Å²) in [7, 11) is 1.58. The lowest BCUT2D eigenvalue weighted by Crippen LogP contribution is -2.38. The second-order valence-electron chi connectivity index (χ2n) is 4.21. The van der Waals surface area contributed by atoms with Gasteiger partial charge in [-0.3, -0.25) is 9.59 Å². The summed E-state index contributed by atoms with van der Waals surface area (Å²) in [5.74, 6) is 0.331. The topological polar surface area (TPSA) is 49.4 Å². The van der Waals surface area contributed by atoms with Gasteiger partial charge in [0.1, 0.15) is 11.9 Å². The molecule has 1 aromatic carbocycles. The van der Waals surface area contributed by atoms with Crippen LogP contribution in [0, 0.1) is 6.92 Å². The Morgan fingerprint density at radius 1 is 1.50 bits per heavy atom. The molecule has 1 aliphatic heterocycles. The Labute approximate surface area is 111 Å². The number of thioether (sulfide) groups is 1. The van der Waals surface area contributed by atoms with Crippen molar-refractivity contribution >= 4 is 23.6 Å². The first-order valence-electron chi connectivity index (χ1n) is 5.80. The molecule has 0 saturated carbocycles. The largest absolute Gasteiger partial charge is 0.358 e. The first kappa shape index (κ1) is 13.0. The highest BCUT2D eigenvalue weighted by Crippen LogP contribution is 2.39. The quantitative estimate of drug-likeness (QED) is 0.895. The van der Waals surface area contributed by atoms with E-state index in [-0.39, 0.29) is 23.7 Å². The van der Waals surface area contributed by atoms with E-state index in [1.54, 1.807) is 23.7 Å². The van der Waals surface area contributed by atoms with Gasteiger partial charge in [-0.15, -0.1) is 11.8 Å². The predicted molar refractivity (Wildman–Crippen MR) is 72.2 cm³/mol. The van der Waals surface area contributed by atoms with Crippen LogP contribution < -0.4 is 5.32 Å². The van der Waals surface area contributed by atoms with E-state index in [0.29, 0.717) is 5.75 Å². The number of rotatable bonds is 3. The van der Waals surface area contributed by atoms with Gasteiger partial charge < -0.3 is 10.2 Å². The minimum absolute atomic E-state index is 0.0249. The zero-order valence-corrected chi connectivity index (χ0v) is 11.3. The number of likely N-dealkylation sites (N-methyl/N-ethyl adjacent to an activating group) is 1. The molecule has 1 heterocycles. The third-order valence-corrected chi connectivity index (χ3v) is 4.25. The summed E-state index contributed by atoms with van der Waals surface area (Å²) in [5.41, 5.74) is 2.25. The van der Waals surface area contributed by atoms with Crippen LogP contribution in [0.5, 0.6) is 0 Å². The summed E-state index contributed by atoms with van der Waals surface area (Å²) >= 11 is 1.57. The summed E-state index contributed by atoms with van der Waals surface area (Å²) in [6.07, 6.45) is 0. The fourth-order valence-corrected chi connectivity index (χ4v) is 3.26. The monoisotopic (exact) mass is 264 g/mol. The number of benzene rings is 1. The molecule has 96 valence electrons. The molecule has 2 rings (SSSR count). The molecule has 1 saturated heterocycles. The number of aryl methyl sites for hydroxylation is 1. The maximum absolute atomic E-state index is 11.8. The van der Waals surface area contributed by atoms with Gasteiger partial charge in [0, 0.05) is 7.05 Å². The van der Waals surface area contributed by atoms with Crippen molar-refractivity contribution in [1.82, 2.24) is 10.2 Å². The normalized spacial score (nSPS) is 19.1. The van der Waals surface area contributed by atoms with Gasteiger partial charge in [0.15, 0.2) is 0 Å². The summed E-state index contributed by atoms with van der Waals surface area (Å²) in [6, 6.07) is 7.98. The zero-order valence-electron chi connectivity index (χ0n) is 10.5. The Balaban J connectivity index is 2.24. The molecule has 0 bridgehead atoms. The molecule has 1 unspecified atom stereocenters. The van der Waals surface area contributed by atoms with E-state index in [0.717, 1.165) is 11.1 Å². The van der Waals surface area contributed by atoms with Gasteiger partial charge in [0.05, 0.1) is 5.75 Å². The number of nitrogens with zero attached hydrogens (tertiary/aromatic N) is 1. The van der Waals surface area contributed by atoms with Crippen molar-refractivity contribution in [2.75, 3.05) is 19.3 Å². The van der Waals surface area contributed by atoms with Crippen LogP contribution in [0.1, 0.15) is 16.5 Å². The van der Waals surface area contributed by atoms with Gasteiger partial charge in [-0.2, -0.15) is 0 Å². The van der Waals surface area contributed by atoms with E-state index in [1.807, 2.05) is 31.2 Å². The van der Waals surface area contributed by atoms with Crippen LogP contribution in [0.3, 0.4) is 0 Å². The molecule has 2 amide bonds. The second-order valence-corrected chi connectivity index (χ2v) is 5.28. The Hall–Kier alpha value is -1.49. The van der Waals surface area contributed by atoms with E-state index in [2.05, 4.69) is 5.32 Å².